The number of carbonyl (C=O) groups excluding carboxylic acids is 1. The minimum Gasteiger partial charge on any atom is -0.400 e. The van der Waals surface area contributed by atoms with Gasteiger partial charge in [0.15, 0.2) is 5.12 Å². The van der Waals surface area contributed by atoms with Gasteiger partial charge in [-0.1, -0.05) is 35.5 Å². The zero-order chi connectivity index (χ0) is 20.6. The number of rotatable bonds is 4. The molecule has 9 heteroatoms. The molecule has 1 aromatic carbocycles. The van der Waals surface area contributed by atoms with Crippen molar-refractivity contribution in [1.82, 2.24) is 0 Å². The van der Waals surface area contributed by atoms with Gasteiger partial charge in [0, 0.05) is 12.7 Å². The van der Waals surface area contributed by atoms with E-state index in [1.807, 2.05) is 27.7 Å². The quantitative estimate of drug-likeness (QED) is 0.589. The maximum Gasteiger partial charge on any atom is 0.491 e. The number of benzene rings is 1. The van der Waals surface area contributed by atoms with Gasteiger partial charge in [-0.2, -0.15) is 13.2 Å². The van der Waals surface area contributed by atoms with Crippen LogP contribution in [0.1, 0.15) is 45.7 Å². The number of alkyl halides is 3. The van der Waals surface area contributed by atoms with E-state index in [1.54, 1.807) is 6.08 Å². The Kier molecular flexibility index (Phi) is 6.46. The summed E-state index contributed by atoms with van der Waals surface area (Å²) in [5, 5.41) is -0.473. The first kappa shape index (κ1) is 22.3. The summed E-state index contributed by atoms with van der Waals surface area (Å²) in [6.07, 6.45) is -3.00. The third kappa shape index (κ3) is 5.31. The molecule has 0 aromatic heterocycles. The van der Waals surface area contributed by atoms with E-state index in [0.717, 1.165) is 17.8 Å². The molecule has 1 aliphatic rings. The minimum atomic E-state index is -4.56. The fourth-order valence-corrected chi connectivity index (χ4v) is 3.24. The maximum absolute atomic E-state index is 13.1. The lowest BCUT2D eigenvalue weighted by molar-refractivity contribution is -0.137. The van der Waals surface area contributed by atoms with Crippen LogP contribution in [0.4, 0.5) is 13.2 Å². The summed E-state index contributed by atoms with van der Waals surface area (Å²) < 4.78 is 51.3. The van der Waals surface area contributed by atoms with Gasteiger partial charge < -0.3 is 9.31 Å². The highest BCUT2D eigenvalue weighted by atomic mass is 35.5. The van der Waals surface area contributed by atoms with E-state index in [4.69, 9.17) is 20.9 Å². The van der Waals surface area contributed by atoms with Crippen molar-refractivity contribution in [2.75, 3.05) is 5.75 Å². The molecule has 0 aliphatic carbocycles. The fourth-order valence-electron chi connectivity index (χ4n) is 2.42. The first-order chi connectivity index (χ1) is 12.2. The van der Waals surface area contributed by atoms with E-state index >= 15 is 0 Å². The molecule has 3 nitrogen and oxygen atoms in total. The lowest BCUT2D eigenvalue weighted by Crippen LogP contribution is -2.41. The normalized spacial score (nSPS) is 19.4. The van der Waals surface area contributed by atoms with Gasteiger partial charge in [0.2, 0.25) is 0 Å². The van der Waals surface area contributed by atoms with Crippen molar-refractivity contribution in [3.8, 4) is 0 Å². The zero-order valence-electron chi connectivity index (χ0n) is 15.7. The van der Waals surface area contributed by atoms with Gasteiger partial charge in [-0.15, -0.1) is 0 Å². The number of hydrogen-bond donors (Lipinski definition) is 0. The average Bonchev–Trinajstić information content (AvgIpc) is 2.72. The van der Waals surface area contributed by atoms with E-state index in [-0.39, 0.29) is 15.9 Å². The van der Waals surface area contributed by atoms with Crippen LogP contribution in [0.5, 0.6) is 0 Å². The van der Waals surface area contributed by atoms with Crippen LogP contribution in [0.2, 0.25) is 5.02 Å². The summed E-state index contributed by atoms with van der Waals surface area (Å²) in [6, 6.07) is 3.67. The predicted octanol–water partition coefficient (Wildman–Crippen LogP) is 5.65. The van der Waals surface area contributed by atoms with Crippen LogP contribution < -0.4 is 0 Å². The molecular formula is C18H21BClF3O3S. The summed E-state index contributed by atoms with van der Waals surface area (Å²) in [6.45, 7) is 8.95. The number of hydrogen-bond acceptors (Lipinski definition) is 4. The highest BCUT2D eigenvalue weighted by molar-refractivity contribution is 8.13. The van der Waals surface area contributed by atoms with Crippen molar-refractivity contribution in [1.29, 1.82) is 0 Å². The minimum absolute atomic E-state index is 0.107. The molecule has 0 N–H and O–H groups in total. The lowest BCUT2D eigenvalue weighted by Gasteiger charge is -2.32. The van der Waals surface area contributed by atoms with Crippen LogP contribution >= 0.6 is 23.4 Å². The van der Waals surface area contributed by atoms with Crippen molar-refractivity contribution in [3.63, 3.8) is 0 Å². The largest absolute Gasteiger partial charge is 0.491 e. The molecule has 1 fully saturated rings. The van der Waals surface area contributed by atoms with Crippen LogP contribution in [0.15, 0.2) is 23.7 Å². The predicted molar refractivity (Wildman–Crippen MR) is 104 cm³/mol. The summed E-state index contributed by atoms with van der Waals surface area (Å²) in [7, 11) is -0.758. The molecule has 0 spiro atoms. The van der Waals surface area contributed by atoms with Crippen molar-refractivity contribution < 1.29 is 27.3 Å². The smallest absolute Gasteiger partial charge is 0.400 e. The van der Waals surface area contributed by atoms with Crippen LogP contribution in [-0.2, 0) is 20.3 Å². The van der Waals surface area contributed by atoms with Crippen LogP contribution in [-0.4, -0.2) is 29.2 Å². The molecule has 1 heterocycles. The Morgan fingerprint density at radius 3 is 2.26 bits per heavy atom. The molecule has 0 amide bonds. The van der Waals surface area contributed by atoms with Crippen molar-refractivity contribution in [2.45, 2.75) is 52.0 Å². The van der Waals surface area contributed by atoms with Crippen molar-refractivity contribution >= 4 is 41.7 Å². The lowest BCUT2D eigenvalue weighted by atomic mass is 9.78. The Labute approximate surface area is 166 Å². The van der Waals surface area contributed by atoms with Crippen LogP contribution in [0.3, 0.4) is 0 Å². The Morgan fingerprint density at radius 1 is 1.22 bits per heavy atom. The summed E-state index contributed by atoms with van der Waals surface area (Å²) in [5.41, 5.74) is -1.24. The Balaban J connectivity index is 2.42. The zero-order valence-corrected chi connectivity index (χ0v) is 17.3. The SMILES string of the molecule is CC(=O)SCC(=Cc1ccc(Cl)c(C(F)(F)F)c1)B1OC(C)(C)C(C)(C)O1. The van der Waals surface area contributed by atoms with Gasteiger partial charge >= 0.3 is 13.3 Å². The second-order valence-corrected chi connectivity index (χ2v) is 8.88. The highest BCUT2D eigenvalue weighted by Gasteiger charge is 2.52. The van der Waals surface area contributed by atoms with Gasteiger partial charge in [-0.05, 0) is 50.9 Å². The average molecular weight is 421 g/mol. The molecule has 0 saturated carbocycles. The topological polar surface area (TPSA) is 35.5 Å². The van der Waals surface area contributed by atoms with Crippen molar-refractivity contribution in [2.24, 2.45) is 0 Å². The third-order valence-electron chi connectivity index (χ3n) is 4.65. The van der Waals surface area contributed by atoms with E-state index < -0.39 is 30.1 Å². The monoisotopic (exact) mass is 420 g/mol. The number of thioether (sulfide) groups is 1. The summed E-state index contributed by atoms with van der Waals surface area (Å²) in [4.78, 5) is 11.4. The van der Waals surface area contributed by atoms with Gasteiger partial charge in [0.25, 0.3) is 0 Å². The molecule has 1 saturated heterocycles. The molecule has 148 valence electrons. The molecule has 0 radical (unpaired) electrons. The van der Waals surface area contributed by atoms with Gasteiger partial charge in [-0.3, -0.25) is 4.79 Å². The van der Waals surface area contributed by atoms with E-state index in [0.29, 0.717) is 11.0 Å². The summed E-state index contributed by atoms with van der Waals surface area (Å²) >= 11 is 6.73. The molecule has 0 atom stereocenters. The molecule has 27 heavy (non-hydrogen) atoms. The van der Waals surface area contributed by atoms with E-state index in [9.17, 15) is 18.0 Å². The number of halogens is 4. The second kappa shape index (κ2) is 7.81. The molecular weight excluding hydrogens is 400 g/mol. The number of carbonyl (C=O) groups is 1. The molecule has 1 aromatic rings. The Hall–Kier alpha value is -0.955. The van der Waals surface area contributed by atoms with Crippen LogP contribution in [0.25, 0.3) is 6.08 Å². The second-order valence-electron chi connectivity index (χ2n) is 7.32. The highest BCUT2D eigenvalue weighted by Crippen LogP contribution is 2.40. The van der Waals surface area contributed by atoms with Gasteiger partial charge in [0.05, 0.1) is 21.8 Å². The van der Waals surface area contributed by atoms with E-state index in [1.165, 1.54) is 19.1 Å². The fraction of sp³-hybridized carbons (Fsp3) is 0.500. The van der Waals surface area contributed by atoms with E-state index in [2.05, 4.69) is 0 Å². The first-order valence-corrected chi connectivity index (χ1v) is 9.65. The van der Waals surface area contributed by atoms with Crippen molar-refractivity contribution in [3.05, 3.63) is 39.8 Å². The van der Waals surface area contributed by atoms with Gasteiger partial charge in [-0.25, -0.2) is 0 Å². The molecule has 0 unspecified atom stereocenters. The maximum atomic E-state index is 13.1. The van der Waals surface area contributed by atoms with Crippen LogP contribution in [0, 0.1) is 0 Å². The molecule has 2 rings (SSSR count). The Bertz CT molecular complexity index is 747. The van der Waals surface area contributed by atoms with Gasteiger partial charge in [0.1, 0.15) is 0 Å². The summed E-state index contributed by atoms with van der Waals surface area (Å²) in [5.74, 6) is 0.246. The third-order valence-corrected chi connectivity index (χ3v) is 5.86. The Morgan fingerprint density at radius 2 is 1.78 bits per heavy atom. The molecule has 0 bridgehead atoms. The first-order valence-electron chi connectivity index (χ1n) is 8.29. The molecule has 1 aliphatic heterocycles. The standard InChI is InChI=1S/C18H21BClF3O3S/c1-11(24)27-10-13(19-25-16(2,3)17(4,5)26-19)8-12-6-7-15(20)14(9-12)18(21,22)23/h6-9H,10H2,1-5H3.